The van der Waals surface area contributed by atoms with E-state index >= 15 is 0 Å². The molecule has 0 saturated carbocycles. The quantitative estimate of drug-likeness (QED) is 0.145. The molecule has 0 saturated heterocycles. The van der Waals surface area contributed by atoms with Crippen LogP contribution in [-0.2, 0) is 60.7 Å². The van der Waals surface area contributed by atoms with Gasteiger partial charge >= 0.3 is 119 Å². The minimum absolute atomic E-state index is 0. The van der Waals surface area contributed by atoms with E-state index in [2.05, 4.69) is 0 Å². The van der Waals surface area contributed by atoms with Crippen LogP contribution in [-0.4, -0.2) is 77.8 Å². The van der Waals surface area contributed by atoms with Crippen molar-refractivity contribution in [3.05, 3.63) is 60.7 Å². The van der Waals surface area contributed by atoms with Crippen LogP contribution < -0.4 is 68.9 Å². The van der Waals surface area contributed by atoms with E-state index in [1.807, 2.05) is 0 Å². The molecule has 0 spiro atoms. The predicted octanol–water partition coefficient (Wildman–Crippen LogP) is -2.52. The van der Waals surface area contributed by atoms with Crippen LogP contribution in [0.2, 0.25) is 0 Å². The van der Waals surface area contributed by atoms with Gasteiger partial charge in [-0.2, -0.15) is 33.7 Å². The molecule has 240 valence electrons. The van der Waals surface area contributed by atoms with Gasteiger partial charge in [0.25, 0.3) is 40.5 Å². The van der Waals surface area contributed by atoms with E-state index in [1.165, 1.54) is 36.4 Å². The molecular weight excluding hydrogens is 1080 g/mol. The minimum atomic E-state index is -5.69. The van der Waals surface area contributed by atoms with Crippen molar-refractivity contribution in [3.63, 3.8) is 0 Å². The molecule has 0 aliphatic rings. The van der Waals surface area contributed by atoms with Gasteiger partial charge in [0.15, 0.2) is 0 Å². The zero-order valence-electron chi connectivity index (χ0n) is 22.7. The van der Waals surface area contributed by atoms with Crippen LogP contribution in [0.15, 0.2) is 90.0 Å². The molecule has 4 rings (SSSR count). The van der Waals surface area contributed by atoms with Gasteiger partial charge in [-0.25, -0.2) is 16.8 Å². The molecule has 0 aliphatic heterocycles. The Kier molecular flexibility index (Phi) is 14.9. The normalized spacial score (nSPS) is 12.8. The maximum atomic E-state index is 11.5. The largest absolute Gasteiger partial charge is 1.00 e. The zero-order chi connectivity index (χ0) is 33.8. The monoisotopic (exact) mass is 1090 g/mol. The topological polar surface area (TPSA) is 332 Å². The Labute approximate surface area is 361 Å². The number of benzene rings is 4. The third-order valence-electron chi connectivity index (χ3n) is 5.42. The summed E-state index contributed by atoms with van der Waals surface area (Å²) in [5.74, 6) is 0. The summed E-state index contributed by atoms with van der Waals surface area (Å²) in [4.78, 5) is -9.06. The van der Waals surface area contributed by atoms with Crippen LogP contribution in [0.4, 0.5) is 0 Å². The Morgan fingerprint density at radius 2 is 0.739 bits per heavy atom. The third kappa shape index (κ3) is 10.3. The first kappa shape index (κ1) is 44.5. The average Bonchev–Trinajstić information content (AvgIpc) is 2.83. The summed E-state index contributed by atoms with van der Waals surface area (Å²) in [6, 6.07) is 11.1. The van der Waals surface area contributed by atoms with Gasteiger partial charge in [0.05, 0.1) is 9.79 Å². The van der Waals surface area contributed by atoms with Crippen LogP contribution in [0.3, 0.4) is 0 Å². The molecular formula is C20H14CsFrO18S6. The van der Waals surface area contributed by atoms with E-state index in [0.29, 0.717) is 12.1 Å². The Balaban J connectivity index is 0.000000441. The van der Waals surface area contributed by atoms with Crippen molar-refractivity contribution >= 4 is 82.3 Å². The van der Waals surface area contributed by atoms with Crippen LogP contribution in [0, 0.1) is 49.9 Å². The molecule has 0 radical (unpaired) electrons. The summed E-state index contributed by atoms with van der Waals surface area (Å²) in [5.41, 5.74) is 0. The molecule has 46 heavy (non-hydrogen) atoms. The molecule has 4 N–H and O–H groups in total. The molecule has 26 heteroatoms. The third-order valence-corrected chi connectivity index (χ3v) is 11.4. The summed E-state index contributed by atoms with van der Waals surface area (Å²) in [5, 5.41) is -1.03. The van der Waals surface area contributed by atoms with Crippen molar-refractivity contribution in [1.29, 1.82) is 0 Å². The predicted molar refractivity (Wildman–Crippen MR) is 143 cm³/mol. The Hall–Kier alpha value is 0.509. The summed E-state index contributed by atoms with van der Waals surface area (Å²) in [6.45, 7) is 0. The molecule has 0 atom stereocenters. The fraction of sp³-hybridized carbons (Fsp3) is 0. The number of fused-ring (bicyclic) bond motifs is 2. The van der Waals surface area contributed by atoms with Crippen molar-refractivity contribution in [1.82, 2.24) is 0 Å². The SMILES string of the molecule is O=S(=O)(O)c1cc2ccccc2c(S(=O)(=O)O)c1S(=O)(=O)O.O=S(=O)([O-])c1c(S(=O)(=O)O)cc2ccccc2c1S(=O)(=O)[O-].[Cs+].[Fr+]. The van der Waals surface area contributed by atoms with Gasteiger partial charge in [0, 0.05) is 10.8 Å². The van der Waals surface area contributed by atoms with Crippen molar-refractivity contribution in [2.24, 2.45) is 0 Å². The molecule has 0 aromatic heterocycles. The van der Waals surface area contributed by atoms with Crippen molar-refractivity contribution in [2.45, 2.75) is 29.4 Å². The molecule has 18 nitrogen and oxygen atoms in total. The molecule has 0 aliphatic carbocycles. The first-order chi connectivity index (χ1) is 19.7. The van der Waals surface area contributed by atoms with Crippen LogP contribution >= 0.6 is 0 Å². The molecule has 0 bridgehead atoms. The van der Waals surface area contributed by atoms with Gasteiger partial charge < -0.3 is 9.11 Å². The Morgan fingerprint density at radius 1 is 0.435 bits per heavy atom. The smallest absolute Gasteiger partial charge is 0.744 e. The van der Waals surface area contributed by atoms with E-state index < -0.39 is 95.5 Å². The molecule has 0 heterocycles. The van der Waals surface area contributed by atoms with E-state index in [0.717, 1.165) is 12.1 Å². The second-order valence-electron chi connectivity index (χ2n) is 8.32. The Morgan fingerprint density at radius 3 is 1.04 bits per heavy atom. The van der Waals surface area contributed by atoms with Gasteiger partial charge in [-0.15, -0.1) is 0 Å². The standard InChI is InChI=1S/2C10H8O9S3.Cs.Fr/c2*11-20(12,13)8-5-6-3-1-2-4-7(6)9(21(14,15)16)10(8)22(17,18)19;;/h2*1-5H,(H,11,12,13)(H,14,15,16)(H,17,18,19);;/q;;2*+1/p-2. The Bertz CT molecular complexity index is 2350. The van der Waals surface area contributed by atoms with Gasteiger partial charge in [0.1, 0.15) is 39.8 Å². The minimum Gasteiger partial charge on any atom is -0.744 e. The first-order valence-corrected chi connectivity index (χ1v) is 19.2. The van der Waals surface area contributed by atoms with Crippen LogP contribution in [0.5, 0.6) is 0 Å². The van der Waals surface area contributed by atoms with E-state index in [4.69, 9.17) is 13.7 Å². The average molecular weight is 1090 g/mol. The van der Waals surface area contributed by atoms with Crippen molar-refractivity contribution in [2.75, 3.05) is 0 Å². The fourth-order valence-electron chi connectivity index (χ4n) is 3.91. The molecule has 0 fully saturated rings. The van der Waals surface area contributed by atoms with Gasteiger partial charge in [-0.05, 0) is 22.9 Å². The number of rotatable bonds is 6. The fourth-order valence-corrected chi connectivity index (χ4v) is 10.7. The first-order valence-electron chi connectivity index (χ1n) is 10.6. The molecule has 4 aromatic rings. The number of hydrogen-bond acceptors (Lipinski definition) is 14. The van der Waals surface area contributed by atoms with Gasteiger partial charge in [0.2, 0.25) is 0 Å². The van der Waals surface area contributed by atoms with E-state index in [1.54, 1.807) is 0 Å². The maximum absolute atomic E-state index is 11.5. The summed E-state index contributed by atoms with van der Waals surface area (Å²) >= 11 is 0. The van der Waals surface area contributed by atoms with Crippen molar-refractivity contribution in [3.8, 4) is 0 Å². The summed E-state index contributed by atoms with van der Waals surface area (Å²) < 4.78 is 196. The zero-order valence-corrected chi connectivity index (χ0v) is 42.1. The number of hydrogen-bond donors (Lipinski definition) is 4. The summed E-state index contributed by atoms with van der Waals surface area (Å²) in [7, 11) is -32.3. The van der Waals surface area contributed by atoms with Crippen molar-refractivity contribution < 1.29 is 197 Å². The molecule has 0 unspecified atom stereocenters. The van der Waals surface area contributed by atoms with E-state index in [9.17, 15) is 64.2 Å². The summed E-state index contributed by atoms with van der Waals surface area (Å²) in [6.07, 6.45) is 0. The molecule has 0 amide bonds. The second-order valence-corrected chi connectivity index (χ2v) is 16.4. The second kappa shape index (κ2) is 15.4. The molecule has 4 aromatic carbocycles. The van der Waals surface area contributed by atoms with Gasteiger partial charge in [-0.3, -0.25) is 18.2 Å². The van der Waals surface area contributed by atoms with Crippen LogP contribution in [0.1, 0.15) is 0 Å². The van der Waals surface area contributed by atoms with E-state index in [-0.39, 0.29) is 135 Å². The maximum Gasteiger partial charge on any atom is 1.00 e. The van der Waals surface area contributed by atoms with Crippen LogP contribution in [0.25, 0.3) is 21.5 Å². The van der Waals surface area contributed by atoms with Gasteiger partial charge in [-0.1, -0.05) is 48.5 Å².